The van der Waals surface area contributed by atoms with E-state index in [1.807, 2.05) is 19.1 Å². The van der Waals surface area contributed by atoms with Crippen LogP contribution in [-0.2, 0) is 0 Å². The topological polar surface area (TPSA) is 20.2 Å². The molecule has 0 fully saturated rings. The van der Waals surface area contributed by atoms with Gasteiger partial charge in [-0.05, 0) is 63.3 Å². The fourth-order valence-corrected chi connectivity index (χ4v) is 4.10. The predicted octanol–water partition coefficient (Wildman–Crippen LogP) is 5.36. The number of halogens is 1. The van der Waals surface area contributed by atoms with E-state index in [0.29, 0.717) is 0 Å². The SMILES string of the molecule is Cc1cc(C(O)c2c(C)ccc3ccccc23)sc1Br. The lowest BCUT2D eigenvalue weighted by Gasteiger charge is -2.15. The van der Waals surface area contributed by atoms with Gasteiger partial charge in [-0.3, -0.25) is 0 Å². The zero-order chi connectivity index (χ0) is 14.3. The molecule has 0 bridgehead atoms. The molecule has 20 heavy (non-hydrogen) atoms. The first-order valence-corrected chi connectivity index (χ1v) is 8.11. The monoisotopic (exact) mass is 346 g/mol. The molecule has 1 atom stereocenters. The van der Waals surface area contributed by atoms with Crippen LogP contribution in [0.1, 0.15) is 27.7 Å². The third kappa shape index (κ3) is 2.30. The Hall–Kier alpha value is -1.16. The van der Waals surface area contributed by atoms with Gasteiger partial charge in [-0.15, -0.1) is 11.3 Å². The lowest BCUT2D eigenvalue weighted by molar-refractivity contribution is 0.225. The van der Waals surface area contributed by atoms with Gasteiger partial charge in [0.2, 0.25) is 0 Å². The Kier molecular flexibility index (Phi) is 3.67. The molecule has 102 valence electrons. The molecule has 3 aromatic rings. The van der Waals surface area contributed by atoms with Crippen LogP contribution in [-0.4, -0.2) is 5.11 Å². The summed E-state index contributed by atoms with van der Waals surface area (Å²) in [5, 5.41) is 13.1. The van der Waals surface area contributed by atoms with Crippen molar-refractivity contribution in [2.24, 2.45) is 0 Å². The van der Waals surface area contributed by atoms with E-state index in [-0.39, 0.29) is 0 Å². The third-order valence-corrected chi connectivity index (χ3v) is 5.80. The highest BCUT2D eigenvalue weighted by molar-refractivity contribution is 9.11. The van der Waals surface area contributed by atoms with Crippen LogP contribution in [0.3, 0.4) is 0 Å². The van der Waals surface area contributed by atoms with Crippen molar-refractivity contribution in [3.63, 3.8) is 0 Å². The maximum atomic E-state index is 10.8. The molecule has 1 unspecified atom stereocenters. The maximum Gasteiger partial charge on any atom is 0.114 e. The van der Waals surface area contributed by atoms with E-state index in [2.05, 4.69) is 53.2 Å². The minimum Gasteiger partial charge on any atom is -0.383 e. The Morgan fingerprint density at radius 1 is 1.05 bits per heavy atom. The molecule has 0 amide bonds. The number of thiophene rings is 1. The minimum atomic E-state index is -0.573. The summed E-state index contributed by atoms with van der Waals surface area (Å²) in [7, 11) is 0. The summed E-state index contributed by atoms with van der Waals surface area (Å²) in [5.41, 5.74) is 3.30. The molecule has 1 nitrogen and oxygen atoms in total. The van der Waals surface area contributed by atoms with Crippen LogP contribution in [0.25, 0.3) is 10.8 Å². The zero-order valence-corrected chi connectivity index (χ0v) is 13.8. The van der Waals surface area contributed by atoms with Gasteiger partial charge in [-0.1, -0.05) is 36.4 Å². The Balaban J connectivity index is 2.20. The van der Waals surface area contributed by atoms with E-state index in [1.165, 1.54) is 10.9 Å². The molecule has 0 aliphatic heterocycles. The highest BCUT2D eigenvalue weighted by atomic mass is 79.9. The number of aryl methyl sites for hydroxylation is 2. The van der Waals surface area contributed by atoms with E-state index in [4.69, 9.17) is 0 Å². The standard InChI is InChI=1S/C17H15BrOS/c1-10-7-8-12-5-3-4-6-13(12)15(10)16(19)14-9-11(2)17(18)20-14/h3-9,16,19H,1-2H3. The van der Waals surface area contributed by atoms with E-state index in [9.17, 15) is 5.11 Å². The second-order valence-electron chi connectivity index (χ2n) is 5.03. The zero-order valence-electron chi connectivity index (χ0n) is 11.4. The van der Waals surface area contributed by atoms with Gasteiger partial charge >= 0.3 is 0 Å². The second kappa shape index (κ2) is 5.32. The molecule has 1 heterocycles. The van der Waals surface area contributed by atoms with Gasteiger partial charge in [-0.25, -0.2) is 0 Å². The average molecular weight is 347 g/mol. The molecular formula is C17H15BrOS. The van der Waals surface area contributed by atoms with Crippen molar-refractivity contribution in [2.45, 2.75) is 20.0 Å². The van der Waals surface area contributed by atoms with Crippen molar-refractivity contribution >= 4 is 38.0 Å². The molecule has 2 aromatic carbocycles. The van der Waals surface area contributed by atoms with Gasteiger partial charge < -0.3 is 5.11 Å². The molecular weight excluding hydrogens is 332 g/mol. The normalized spacial score (nSPS) is 12.8. The largest absolute Gasteiger partial charge is 0.383 e. The van der Waals surface area contributed by atoms with Crippen molar-refractivity contribution in [3.8, 4) is 0 Å². The Bertz CT molecular complexity index is 756. The number of aliphatic hydroxyl groups is 1. The van der Waals surface area contributed by atoms with Crippen LogP contribution in [0, 0.1) is 13.8 Å². The molecule has 0 radical (unpaired) electrons. The lowest BCUT2D eigenvalue weighted by Crippen LogP contribution is -2.01. The summed E-state index contributed by atoms with van der Waals surface area (Å²) in [4.78, 5) is 0.980. The molecule has 0 saturated heterocycles. The van der Waals surface area contributed by atoms with Gasteiger partial charge in [0.15, 0.2) is 0 Å². The predicted molar refractivity (Wildman–Crippen MR) is 89.5 cm³/mol. The number of benzene rings is 2. The summed E-state index contributed by atoms with van der Waals surface area (Å²) < 4.78 is 1.09. The van der Waals surface area contributed by atoms with Crippen LogP contribution in [0.2, 0.25) is 0 Å². The number of aliphatic hydroxyl groups excluding tert-OH is 1. The number of rotatable bonds is 2. The molecule has 1 aromatic heterocycles. The average Bonchev–Trinajstić information content (AvgIpc) is 2.78. The van der Waals surface area contributed by atoms with E-state index in [1.54, 1.807) is 11.3 Å². The van der Waals surface area contributed by atoms with Crippen molar-refractivity contribution in [2.75, 3.05) is 0 Å². The van der Waals surface area contributed by atoms with Crippen molar-refractivity contribution in [3.05, 3.63) is 67.8 Å². The van der Waals surface area contributed by atoms with Gasteiger partial charge in [0.1, 0.15) is 6.10 Å². The maximum absolute atomic E-state index is 10.8. The van der Waals surface area contributed by atoms with Crippen LogP contribution in [0.5, 0.6) is 0 Å². The van der Waals surface area contributed by atoms with Crippen molar-refractivity contribution < 1.29 is 5.11 Å². The molecule has 3 rings (SSSR count). The fourth-order valence-electron chi connectivity index (χ4n) is 2.53. The van der Waals surface area contributed by atoms with Gasteiger partial charge in [0.05, 0.1) is 3.79 Å². The summed E-state index contributed by atoms with van der Waals surface area (Å²) in [5.74, 6) is 0. The van der Waals surface area contributed by atoms with Crippen LogP contribution in [0.4, 0.5) is 0 Å². The third-order valence-electron chi connectivity index (χ3n) is 3.61. The summed E-state index contributed by atoms with van der Waals surface area (Å²) in [6.45, 7) is 4.10. The first kappa shape index (κ1) is 13.8. The van der Waals surface area contributed by atoms with E-state index in [0.717, 1.165) is 25.2 Å². The molecule has 0 aliphatic rings. The van der Waals surface area contributed by atoms with Gasteiger partial charge in [0, 0.05) is 4.88 Å². The van der Waals surface area contributed by atoms with Gasteiger partial charge in [0.25, 0.3) is 0 Å². The number of hydrogen-bond donors (Lipinski definition) is 1. The fraction of sp³-hybridized carbons (Fsp3) is 0.176. The number of fused-ring (bicyclic) bond motifs is 1. The second-order valence-corrected chi connectivity index (χ2v) is 7.43. The van der Waals surface area contributed by atoms with Crippen LogP contribution >= 0.6 is 27.3 Å². The first-order valence-electron chi connectivity index (χ1n) is 6.50. The summed E-state index contributed by atoms with van der Waals surface area (Å²) in [6.07, 6.45) is -0.573. The highest BCUT2D eigenvalue weighted by Gasteiger charge is 2.18. The van der Waals surface area contributed by atoms with Crippen LogP contribution in [0.15, 0.2) is 46.3 Å². The molecule has 0 spiro atoms. The Labute approximate surface area is 131 Å². The van der Waals surface area contributed by atoms with Crippen molar-refractivity contribution in [1.82, 2.24) is 0 Å². The molecule has 1 N–H and O–H groups in total. The highest BCUT2D eigenvalue weighted by Crippen LogP contribution is 2.37. The lowest BCUT2D eigenvalue weighted by atomic mass is 9.95. The van der Waals surface area contributed by atoms with Gasteiger partial charge in [-0.2, -0.15) is 0 Å². The van der Waals surface area contributed by atoms with Crippen LogP contribution < -0.4 is 0 Å². The number of hydrogen-bond acceptors (Lipinski definition) is 2. The minimum absolute atomic E-state index is 0.573. The quantitative estimate of drug-likeness (QED) is 0.661. The van der Waals surface area contributed by atoms with E-state index < -0.39 is 6.10 Å². The Morgan fingerprint density at radius 3 is 2.50 bits per heavy atom. The molecule has 0 aliphatic carbocycles. The van der Waals surface area contributed by atoms with E-state index >= 15 is 0 Å². The smallest absolute Gasteiger partial charge is 0.114 e. The Morgan fingerprint density at radius 2 is 1.80 bits per heavy atom. The summed E-state index contributed by atoms with van der Waals surface area (Å²) in [6, 6.07) is 14.5. The molecule has 0 saturated carbocycles. The first-order chi connectivity index (χ1) is 9.58. The molecule has 3 heteroatoms. The summed E-state index contributed by atoms with van der Waals surface area (Å²) >= 11 is 5.13. The van der Waals surface area contributed by atoms with Crippen molar-refractivity contribution in [1.29, 1.82) is 0 Å².